The molecular formula is C18H25N. The average molecular weight is 255 g/mol. The van der Waals surface area contributed by atoms with Gasteiger partial charge in [-0.3, -0.25) is 0 Å². The molecule has 0 heterocycles. The van der Waals surface area contributed by atoms with E-state index in [9.17, 15) is 0 Å². The van der Waals surface area contributed by atoms with Gasteiger partial charge in [0.2, 0.25) is 0 Å². The first-order chi connectivity index (χ1) is 8.84. The molecule has 0 aromatic heterocycles. The standard InChI is InChI=1S/C18H25N/c1-12(2)15-9-7-14-10-13(11-19)6-8-16(14)17(15)18(3,4)5/h6,8,10,12,15,17H,7,9H2,1-5H3. The van der Waals surface area contributed by atoms with E-state index in [1.807, 2.05) is 6.07 Å². The lowest BCUT2D eigenvalue weighted by molar-refractivity contribution is 0.170. The zero-order valence-corrected chi connectivity index (χ0v) is 12.8. The molecule has 0 N–H and O–H groups in total. The topological polar surface area (TPSA) is 23.8 Å². The molecule has 1 aromatic rings. The predicted molar refractivity (Wildman–Crippen MR) is 80.0 cm³/mol. The summed E-state index contributed by atoms with van der Waals surface area (Å²) in [5, 5.41) is 9.06. The summed E-state index contributed by atoms with van der Waals surface area (Å²) in [5.74, 6) is 2.07. The second-order valence-corrected chi connectivity index (χ2v) is 7.32. The van der Waals surface area contributed by atoms with Crippen molar-refractivity contribution in [1.82, 2.24) is 0 Å². The Morgan fingerprint density at radius 1 is 1.26 bits per heavy atom. The Morgan fingerprint density at radius 2 is 1.95 bits per heavy atom. The van der Waals surface area contributed by atoms with Gasteiger partial charge < -0.3 is 0 Å². The molecule has 19 heavy (non-hydrogen) atoms. The van der Waals surface area contributed by atoms with Crippen LogP contribution in [0.2, 0.25) is 0 Å². The summed E-state index contributed by atoms with van der Waals surface area (Å²) < 4.78 is 0. The van der Waals surface area contributed by atoms with E-state index in [-0.39, 0.29) is 5.41 Å². The minimum absolute atomic E-state index is 0.276. The van der Waals surface area contributed by atoms with Gasteiger partial charge in [-0.2, -0.15) is 5.26 Å². The molecule has 0 bridgehead atoms. The maximum atomic E-state index is 9.06. The van der Waals surface area contributed by atoms with Crippen LogP contribution in [0.5, 0.6) is 0 Å². The second-order valence-electron chi connectivity index (χ2n) is 7.32. The maximum absolute atomic E-state index is 9.06. The Balaban J connectivity index is 2.51. The molecule has 0 saturated carbocycles. The Hall–Kier alpha value is -1.29. The van der Waals surface area contributed by atoms with E-state index in [0.29, 0.717) is 11.8 Å². The third-order valence-electron chi connectivity index (χ3n) is 4.57. The molecule has 2 atom stereocenters. The summed E-state index contributed by atoms with van der Waals surface area (Å²) in [6, 6.07) is 8.56. The highest BCUT2D eigenvalue weighted by Crippen LogP contribution is 2.49. The molecule has 0 spiro atoms. The van der Waals surface area contributed by atoms with Crippen LogP contribution in [0.1, 0.15) is 63.6 Å². The highest BCUT2D eigenvalue weighted by atomic mass is 14.4. The van der Waals surface area contributed by atoms with Crippen LogP contribution in [-0.2, 0) is 6.42 Å². The van der Waals surface area contributed by atoms with Gasteiger partial charge in [0.05, 0.1) is 11.6 Å². The van der Waals surface area contributed by atoms with E-state index in [2.05, 4.69) is 52.8 Å². The van der Waals surface area contributed by atoms with Gasteiger partial charge in [0.15, 0.2) is 0 Å². The van der Waals surface area contributed by atoms with Gasteiger partial charge in [-0.15, -0.1) is 0 Å². The van der Waals surface area contributed by atoms with Gasteiger partial charge in [-0.05, 0) is 59.3 Å². The maximum Gasteiger partial charge on any atom is 0.0991 e. The molecular weight excluding hydrogens is 230 g/mol. The Bertz CT molecular complexity index is 499. The van der Waals surface area contributed by atoms with E-state index in [4.69, 9.17) is 5.26 Å². The molecule has 1 aliphatic rings. The minimum atomic E-state index is 0.276. The predicted octanol–water partition coefficient (Wildman–Crippen LogP) is 4.91. The van der Waals surface area contributed by atoms with Gasteiger partial charge >= 0.3 is 0 Å². The van der Waals surface area contributed by atoms with Crippen molar-refractivity contribution in [3.63, 3.8) is 0 Å². The number of hydrogen-bond acceptors (Lipinski definition) is 1. The molecule has 1 heteroatoms. The van der Waals surface area contributed by atoms with Crippen molar-refractivity contribution < 1.29 is 0 Å². The quantitative estimate of drug-likeness (QED) is 0.699. The van der Waals surface area contributed by atoms with Gasteiger partial charge in [0.1, 0.15) is 0 Å². The Labute approximate surface area is 117 Å². The number of nitrogens with zero attached hydrogens (tertiary/aromatic N) is 1. The molecule has 2 rings (SSSR count). The molecule has 0 radical (unpaired) electrons. The van der Waals surface area contributed by atoms with Crippen LogP contribution in [0.15, 0.2) is 18.2 Å². The monoisotopic (exact) mass is 255 g/mol. The molecule has 1 aliphatic carbocycles. The van der Waals surface area contributed by atoms with Gasteiger partial charge in [0, 0.05) is 0 Å². The molecule has 0 aliphatic heterocycles. The zero-order chi connectivity index (χ0) is 14.2. The molecule has 1 nitrogen and oxygen atoms in total. The molecule has 0 fully saturated rings. The van der Waals surface area contributed by atoms with Crippen LogP contribution in [0, 0.1) is 28.6 Å². The van der Waals surface area contributed by atoms with Crippen LogP contribution in [-0.4, -0.2) is 0 Å². The number of nitriles is 1. The summed E-state index contributed by atoms with van der Waals surface area (Å²) >= 11 is 0. The van der Waals surface area contributed by atoms with Gasteiger partial charge in [0.25, 0.3) is 0 Å². The van der Waals surface area contributed by atoms with E-state index >= 15 is 0 Å². The first-order valence-corrected chi connectivity index (χ1v) is 7.37. The van der Waals surface area contributed by atoms with Crippen LogP contribution in [0.25, 0.3) is 0 Å². The third-order valence-corrected chi connectivity index (χ3v) is 4.57. The van der Waals surface area contributed by atoms with E-state index < -0.39 is 0 Å². The number of benzene rings is 1. The van der Waals surface area contributed by atoms with Crippen molar-refractivity contribution in [3.8, 4) is 6.07 Å². The number of fused-ring (bicyclic) bond motifs is 1. The van der Waals surface area contributed by atoms with E-state index in [1.54, 1.807) is 0 Å². The van der Waals surface area contributed by atoms with Crippen LogP contribution in [0.4, 0.5) is 0 Å². The fourth-order valence-corrected chi connectivity index (χ4v) is 3.74. The Morgan fingerprint density at radius 3 is 2.47 bits per heavy atom. The largest absolute Gasteiger partial charge is 0.192 e. The fourth-order valence-electron chi connectivity index (χ4n) is 3.74. The first-order valence-electron chi connectivity index (χ1n) is 7.37. The molecule has 1 aromatic carbocycles. The summed E-state index contributed by atoms with van der Waals surface area (Å²) in [4.78, 5) is 0. The fraction of sp³-hybridized carbons (Fsp3) is 0.611. The summed E-state index contributed by atoms with van der Waals surface area (Å²) in [7, 11) is 0. The van der Waals surface area contributed by atoms with Crippen LogP contribution < -0.4 is 0 Å². The lowest BCUT2D eigenvalue weighted by Gasteiger charge is -2.44. The summed E-state index contributed by atoms with van der Waals surface area (Å²) in [6.45, 7) is 11.7. The molecule has 2 unspecified atom stereocenters. The summed E-state index contributed by atoms with van der Waals surface area (Å²) in [6.07, 6.45) is 2.38. The normalized spacial score (nSPS) is 23.0. The van der Waals surface area contributed by atoms with Gasteiger partial charge in [-0.1, -0.05) is 40.7 Å². The zero-order valence-electron chi connectivity index (χ0n) is 12.8. The van der Waals surface area contributed by atoms with E-state index in [1.165, 1.54) is 17.5 Å². The average Bonchev–Trinajstić information content (AvgIpc) is 2.35. The summed E-state index contributed by atoms with van der Waals surface area (Å²) in [5.41, 5.74) is 3.96. The smallest absolute Gasteiger partial charge is 0.0991 e. The van der Waals surface area contributed by atoms with Crippen molar-refractivity contribution in [3.05, 3.63) is 34.9 Å². The van der Waals surface area contributed by atoms with Crippen LogP contribution >= 0.6 is 0 Å². The minimum Gasteiger partial charge on any atom is -0.192 e. The van der Waals surface area contributed by atoms with Crippen LogP contribution in [0.3, 0.4) is 0 Å². The highest BCUT2D eigenvalue weighted by Gasteiger charge is 2.38. The SMILES string of the molecule is CC(C)C1CCc2cc(C#N)ccc2C1C(C)(C)C. The van der Waals surface area contributed by atoms with Crippen molar-refractivity contribution in [2.24, 2.45) is 17.3 Å². The molecule has 102 valence electrons. The number of rotatable bonds is 1. The van der Waals surface area contributed by atoms with Crippen molar-refractivity contribution >= 4 is 0 Å². The first kappa shape index (κ1) is 14.1. The van der Waals surface area contributed by atoms with E-state index in [0.717, 1.165) is 17.9 Å². The molecule has 0 saturated heterocycles. The lowest BCUT2D eigenvalue weighted by Crippen LogP contribution is -2.33. The highest BCUT2D eigenvalue weighted by molar-refractivity contribution is 5.42. The number of hydrogen-bond donors (Lipinski definition) is 0. The van der Waals surface area contributed by atoms with Crippen molar-refractivity contribution in [2.45, 2.75) is 53.4 Å². The van der Waals surface area contributed by atoms with Crippen molar-refractivity contribution in [1.29, 1.82) is 5.26 Å². The Kier molecular flexibility index (Phi) is 3.72. The van der Waals surface area contributed by atoms with Crippen molar-refractivity contribution in [2.75, 3.05) is 0 Å². The molecule has 0 amide bonds. The third kappa shape index (κ3) is 2.68. The number of aryl methyl sites for hydroxylation is 1. The second kappa shape index (κ2) is 5.00. The lowest BCUT2D eigenvalue weighted by atomic mass is 9.61. The van der Waals surface area contributed by atoms with Gasteiger partial charge in [-0.25, -0.2) is 0 Å².